The Bertz CT molecular complexity index is 410. The zero-order valence-electron chi connectivity index (χ0n) is 6.57. The van der Waals surface area contributed by atoms with Crippen molar-refractivity contribution in [1.82, 2.24) is 5.16 Å². The van der Waals surface area contributed by atoms with Crippen LogP contribution in [0.4, 0.5) is 5.82 Å². The van der Waals surface area contributed by atoms with E-state index in [2.05, 4.69) is 5.16 Å². The standard InChI is InChI=1S/C8H8N2OS/c1-12-5-2-3-7-6(4-5)8(9)10-11-7/h2-4H,1H3,(H2,9,10). The molecule has 2 N–H and O–H groups in total. The number of hydrogen-bond acceptors (Lipinski definition) is 4. The van der Waals surface area contributed by atoms with Crippen molar-refractivity contribution >= 4 is 28.5 Å². The summed E-state index contributed by atoms with van der Waals surface area (Å²) in [6.07, 6.45) is 2.02. The van der Waals surface area contributed by atoms with Gasteiger partial charge in [0.05, 0.1) is 5.39 Å². The van der Waals surface area contributed by atoms with Gasteiger partial charge in [-0.05, 0) is 24.5 Å². The maximum Gasteiger partial charge on any atom is 0.174 e. The number of anilines is 1. The molecule has 3 nitrogen and oxygen atoms in total. The number of thioether (sulfide) groups is 1. The summed E-state index contributed by atoms with van der Waals surface area (Å²) in [5, 5.41) is 4.56. The van der Waals surface area contributed by atoms with Crippen LogP contribution in [-0.2, 0) is 0 Å². The molecule has 12 heavy (non-hydrogen) atoms. The van der Waals surface area contributed by atoms with Gasteiger partial charge in [-0.1, -0.05) is 5.16 Å². The summed E-state index contributed by atoms with van der Waals surface area (Å²) in [6.45, 7) is 0. The van der Waals surface area contributed by atoms with Gasteiger partial charge in [0.2, 0.25) is 0 Å². The van der Waals surface area contributed by atoms with Crippen molar-refractivity contribution in [2.75, 3.05) is 12.0 Å². The topological polar surface area (TPSA) is 52.0 Å². The van der Waals surface area contributed by atoms with Gasteiger partial charge in [-0.2, -0.15) is 0 Å². The Morgan fingerprint density at radius 3 is 3.08 bits per heavy atom. The highest BCUT2D eigenvalue weighted by Gasteiger charge is 2.04. The summed E-state index contributed by atoms with van der Waals surface area (Å²) in [5.74, 6) is 0.459. The molecular formula is C8H8N2OS. The van der Waals surface area contributed by atoms with Gasteiger partial charge in [0, 0.05) is 4.90 Å². The van der Waals surface area contributed by atoms with Crippen LogP contribution in [0.1, 0.15) is 0 Å². The van der Waals surface area contributed by atoms with E-state index in [1.807, 2.05) is 24.5 Å². The molecule has 1 aromatic heterocycles. The van der Waals surface area contributed by atoms with E-state index in [1.165, 1.54) is 0 Å². The largest absolute Gasteiger partial charge is 0.380 e. The summed E-state index contributed by atoms with van der Waals surface area (Å²) in [5.41, 5.74) is 6.33. The van der Waals surface area contributed by atoms with E-state index in [1.54, 1.807) is 11.8 Å². The number of nitrogens with two attached hydrogens (primary N) is 1. The fourth-order valence-corrected chi connectivity index (χ4v) is 1.50. The molecule has 62 valence electrons. The van der Waals surface area contributed by atoms with E-state index in [9.17, 15) is 0 Å². The molecule has 4 heteroatoms. The summed E-state index contributed by atoms with van der Waals surface area (Å²) in [4.78, 5) is 1.16. The molecule has 0 spiro atoms. The monoisotopic (exact) mass is 180 g/mol. The molecule has 0 saturated heterocycles. The van der Waals surface area contributed by atoms with Crippen LogP contribution in [0.5, 0.6) is 0 Å². The van der Waals surface area contributed by atoms with Gasteiger partial charge < -0.3 is 10.3 Å². The van der Waals surface area contributed by atoms with Crippen molar-refractivity contribution in [1.29, 1.82) is 0 Å². The Balaban J connectivity index is 2.71. The molecule has 0 atom stereocenters. The molecule has 2 aromatic rings. The number of aromatic nitrogens is 1. The summed E-state index contributed by atoms with van der Waals surface area (Å²) >= 11 is 1.67. The van der Waals surface area contributed by atoms with E-state index in [0.717, 1.165) is 15.9 Å². The van der Waals surface area contributed by atoms with Gasteiger partial charge in [0.15, 0.2) is 11.4 Å². The van der Waals surface area contributed by atoms with Crippen LogP contribution in [-0.4, -0.2) is 11.4 Å². The van der Waals surface area contributed by atoms with Crippen molar-refractivity contribution in [3.05, 3.63) is 18.2 Å². The van der Waals surface area contributed by atoms with E-state index < -0.39 is 0 Å². The van der Waals surface area contributed by atoms with Crippen molar-refractivity contribution < 1.29 is 4.52 Å². The van der Waals surface area contributed by atoms with Crippen LogP contribution < -0.4 is 5.73 Å². The van der Waals surface area contributed by atoms with Gasteiger partial charge in [0.25, 0.3) is 0 Å². The smallest absolute Gasteiger partial charge is 0.174 e. The molecule has 2 rings (SSSR count). The molecule has 0 fully saturated rings. The molecule has 0 radical (unpaired) electrons. The van der Waals surface area contributed by atoms with E-state index in [-0.39, 0.29) is 0 Å². The molecule has 0 aliphatic heterocycles. The van der Waals surface area contributed by atoms with Gasteiger partial charge in [-0.3, -0.25) is 0 Å². The number of benzene rings is 1. The fourth-order valence-electron chi connectivity index (χ4n) is 1.06. The van der Waals surface area contributed by atoms with E-state index in [4.69, 9.17) is 10.3 Å². The van der Waals surface area contributed by atoms with E-state index in [0.29, 0.717) is 5.82 Å². The lowest BCUT2D eigenvalue weighted by Crippen LogP contribution is -1.83. The van der Waals surface area contributed by atoms with Gasteiger partial charge in [0.1, 0.15) is 0 Å². The van der Waals surface area contributed by atoms with Crippen LogP contribution in [0.2, 0.25) is 0 Å². The number of rotatable bonds is 1. The molecule has 0 saturated carbocycles. The van der Waals surface area contributed by atoms with Crippen molar-refractivity contribution in [2.24, 2.45) is 0 Å². The lowest BCUT2D eigenvalue weighted by atomic mass is 10.2. The van der Waals surface area contributed by atoms with Crippen molar-refractivity contribution in [3.63, 3.8) is 0 Å². The second-order valence-corrected chi connectivity index (χ2v) is 3.31. The molecule has 0 aliphatic rings. The zero-order chi connectivity index (χ0) is 8.55. The average Bonchev–Trinajstić information content (AvgIpc) is 2.47. The van der Waals surface area contributed by atoms with Crippen molar-refractivity contribution in [3.8, 4) is 0 Å². The average molecular weight is 180 g/mol. The highest BCUT2D eigenvalue weighted by atomic mass is 32.2. The number of nitrogens with zero attached hydrogens (tertiary/aromatic N) is 1. The fraction of sp³-hybridized carbons (Fsp3) is 0.125. The van der Waals surface area contributed by atoms with Crippen LogP contribution in [0, 0.1) is 0 Å². The summed E-state index contributed by atoms with van der Waals surface area (Å²) in [7, 11) is 0. The Morgan fingerprint density at radius 2 is 2.33 bits per heavy atom. The zero-order valence-corrected chi connectivity index (χ0v) is 7.39. The minimum absolute atomic E-state index is 0.459. The first-order valence-corrected chi connectivity index (χ1v) is 4.72. The normalized spacial score (nSPS) is 10.8. The Labute approximate surface area is 73.9 Å². The predicted molar refractivity (Wildman–Crippen MR) is 50.2 cm³/mol. The number of fused-ring (bicyclic) bond motifs is 1. The third-order valence-electron chi connectivity index (χ3n) is 1.71. The van der Waals surface area contributed by atoms with Gasteiger partial charge in [-0.25, -0.2) is 0 Å². The van der Waals surface area contributed by atoms with Crippen LogP contribution in [0.15, 0.2) is 27.6 Å². The quantitative estimate of drug-likeness (QED) is 0.683. The first-order valence-electron chi connectivity index (χ1n) is 3.50. The maximum absolute atomic E-state index is 5.59. The highest BCUT2D eigenvalue weighted by Crippen LogP contribution is 2.25. The molecule has 0 amide bonds. The van der Waals surface area contributed by atoms with E-state index >= 15 is 0 Å². The first kappa shape index (κ1) is 7.49. The summed E-state index contributed by atoms with van der Waals surface area (Å²) < 4.78 is 4.96. The second-order valence-electron chi connectivity index (χ2n) is 2.43. The lowest BCUT2D eigenvalue weighted by Gasteiger charge is -1.93. The summed E-state index contributed by atoms with van der Waals surface area (Å²) in [6, 6.07) is 5.84. The highest BCUT2D eigenvalue weighted by molar-refractivity contribution is 7.98. The molecule has 1 heterocycles. The predicted octanol–water partition coefficient (Wildman–Crippen LogP) is 2.13. The Kier molecular flexibility index (Phi) is 1.69. The molecule has 0 bridgehead atoms. The SMILES string of the molecule is CSc1ccc2onc(N)c2c1. The molecule has 1 aromatic carbocycles. The number of nitrogen functional groups attached to an aromatic ring is 1. The third-order valence-corrected chi connectivity index (χ3v) is 2.43. The Morgan fingerprint density at radius 1 is 1.50 bits per heavy atom. The van der Waals surface area contributed by atoms with Crippen molar-refractivity contribution in [2.45, 2.75) is 4.90 Å². The van der Waals surface area contributed by atoms with Crippen LogP contribution in [0.3, 0.4) is 0 Å². The molecule has 0 aliphatic carbocycles. The lowest BCUT2D eigenvalue weighted by molar-refractivity contribution is 0.460. The van der Waals surface area contributed by atoms with Gasteiger partial charge in [-0.15, -0.1) is 11.8 Å². The van der Waals surface area contributed by atoms with Gasteiger partial charge >= 0.3 is 0 Å². The Hall–Kier alpha value is -1.16. The second kappa shape index (κ2) is 2.71. The third kappa shape index (κ3) is 1.04. The number of hydrogen-bond donors (Lipinski definition) is 1. The molecular weight excluding hydrogens is 172 g/mol. The first-order chi connectivity index (χ1) is 5.81. The maximum atomic E-state index is 5.59. The minimum Gasteiger partial charge on any atom is -0.380 e. The molecule has 0 unspecified atom stereocenters. The van der Waals surface area contributed by atoms with Crippen LogP contribution >= 0.6 is 11.8 Å². The van der Waals surface area contributed by atoms with Crippen LogP contribution in [0.25, 0.3) is 11.0 Å². The minimum atomic E-state index is 0.459.